The molecule has 1 atom stereocenters. The van der Waals surface area contributed by atoms with Gasteiger partial charge in [-0.15, -0.1) is 0 Å². The lowest BCUT2D eigenvalue weighted by molar-refractivity contribution is -0.137. The van der Waals surface area contributed by atoms with Crippen molar-refractivity contribution < 1.29 is 27.9 Å². The Hall–Kier alpha value is -2.87. The van der Waals surface area contributed by atoms with E-state index in [1.54, 1.807) is 12.1 Å². The zero-order valence-electron chi connectivity index (χ0n) is 14.2. The molecule has 0 aliphatic carbocycles. The molecule has 2 aromatic rings. The van der Waals surface area contributed by atoms with Crippen molar-refractivity contribution in [2.24, 2.45) is 0 Å². The Morgan fingerprint density at radius 3 is 2.52 bits per heavy atom. The van der Waals surface area contributed by atoms with Gasteiger partial charge in [-0.25, -0.2) is 4.79 Å². The second-order valence-electron chi connectivity index (χ2n) is 6.34. The van der Waals surface area contributed by atoms with E-state index in [-0.39, 0.29) is 36.2 Å². The lowest BCUT2D eigenvalue weighted by Gasteiger charge is -2.19. The van der Waals surface area contributed by atoms with Gasteiger partial charge < -0.3 is 15.3 Å². The Kier molecular flexibility index (Phi) is 5.18. The summed E-state index contributed by atoms with van der Waals surface area (Å²) in [5.74, 6) is -1.25. The first-order valence-corrected chi connectivity index (χ1v) is 8.27. The van der Waals surface area contributed by atoms with Crippen molar-refractivity contribution >= 4 is 17.6 Å². The SMILES string of the molecule is O=C(O)c1ccc(CNC2CC(=O)N(c3cccc(C(F)(F)F)c3)C2)cc1. The number of benzene rings is 2. The largest absolute Gasteiger partial charge is 0.478 e. The van der Waals surface area contributed by atoms with E-state index in [1.807, 2.05) is 0 Å². The average molecular weight is 378 g/mol. The molecule has 3 rings (SSSR count). The molecule has 2 aromatic carbocycles. The molecule has 0 radical (unpaired) electrons. The summed E-state index contributed by atoms with van der Waals surface area (Å²) in [5, 5.41) is 12.1. The van der Waals surface area contributed by atoms with Crippen LogP contribution >= 0.6 is 0 Å². The number of aromatic carboxylic acids is 1. The summed E-state index contributed by atoms with van der Waals surface area (Å²) in [6.07, 6.45) is -4.28. The second-order valence-corrected chi connectivity index (χ2v) is 6.34. The van der Waals surface area contributed by atoms with Crippen LogP contribution in [0.15, 0.2) is 48.5 Å². The molecule has 0 saturated carbocycles. The standard InChI is InChI=1S/C19H17F3N2O3/c20-19(21,22)14-2-1-3-16(8-14)24-11-15(9-17(24)25)23-10-12-4-6-13(7-5-12)18(26)27/h1-8,15,23H,9-11H2,(H,26,27). The second kappa shape index (κ2) is 7.40. The van der Waals surface area contributed by atoms with E-state index in [0.29, 0.717) is 6.54 Å². The predicted molar refractivity (Wildman–Crippen MR) is 92.4 cm³/mol. The van der Waals surface area contributed by atoms with Crippen molar-refractivity contribution in [3.63, 3.8) is 0 Å². The van der Waals surface area contributed by atoms with Gasteiger partial charge in [-0.1, -0.05) is 18.2 Å². The molecular formula is C19H17F3N2O3. The maximum absolute atomic E-state index is 12.9. The molecule has 1 aliphatic heterocycles. The van der Waals surface area contributed by atoms with Crippen LogP contribution in [0.3, 0.4) is 0 Å². The molecule has 142 valence electrons. The monoisotopic (exact) mass is 378 g/mol. The van der Waals surface area contributed by atoms with Crippen LogP contribution in [0.5, 0.6) is 0 Å². The number of alkyl halides is 3. The first-order chi connectivity index (χ1) is 12.7. The zero-order valence-corrected chi connectivity index (χ0v) is 14.2. The summed E-state index contributed by atoms with van der Waals surface area (Å²) in [4.78, 5) is 24.4. The Morgan fingerprint density at radius 1 is 1.19 bits per heavy atom. The van der Waals surface area contributed by atoms with Gasteiger partial charge in [0.25, 0.3) is 0 Å². The topological polar surface area (TPSA) is 69.6 Å². The third kappa shape index (κ3) is 4.46. The van der Waals surface area contributed by atoms with Gasteiger partial charge >= 0.3 is 12.1 Å². The Balaban J connectivity index is 1.63. The van der Waals surface area contributed by atoms with E-state index in [1.165, 1.54) is 29.2 Å². The van der Waals surface area contributed by atoms with Gasteiger partial charge in [0.1, 0.15) is 0 Å². The van der Waals surface area contributed by atoms with Crippen molar-refractivity contribution in [1.29, 1.82) is 0 Å². The number of nitrogens with one attached hydrogen (secondary N) is 1. The molecular weight excluding hydrogens is 361 g/mol. The molecule has 1 amide bonds. The van der Waals surface area contributed by atoms with Crippen LogP contribution in [0, 0.1) is 0 Å². The highest BCUT2D eigenvalue weighted by Gasteiger charge is 2.34. The predicted octanol–water partition coefficient (Wildman–Crippen LogP) is 3.30. The Labute approximate surface area is 153 Å². The molecule has 1 unspecified atom stereocenters. The fraction of sp³-hybridized carbons (Fsp3) is 0.263. The lowest BCUT2D eigenvalue weighted by atomic mass is 10.1. The molecule has 1 fully saturated rings. The highest BCUT2D eigenvalue weighted by molar-refractivity contribution is 5.96. The van der Waals surface area contributed by atoms with Crippen LogP contribution in [-0.4, -0.2) is 29.6 Å². The number of hydrogen-bond donors (Lipinski definition) is 2. The highest BCUT2D eigenvalue weighted by Crippen LogP contribution is 2.32. The minimum atomic E-state index is -4.46. The Bertz CT molecular complexity index is 850. The molecule has 0 spiro atoms. The van der Waals surface area contributed by atoms with E-state index in [2.05, 4.69) is 5.32 Å². The van der Waals surface area contributed by atoms with Gasteiger partial charge in [-0.2, -0.15) is 13.2 Å². The number of amides is 1. The number of anilines is 1. The van der Waals surface area contributed by atoms with E-state index < -0.39 is 17.7 Å². The van der Waals surface area contributed by atoms with Crippen LogP contribution in [0.25, 0.3) is 0 Å². The molecule has 0 aromatic heterocycles. The number of rotatable bonds is 5. The van der Waals surface area contributed by atoms with Crippen molar-refractivity contribution in [2.45, 2.75) is 25.2 Å². The molecule has 27 heavy (non-hydrogen) atoms. The van der Waals surface area contributed by atoms with Gasteiger partial charge in [-0.05, 0) is 35.9 Å². The van der Waals surface area contributed by atoms with Crippen molar-refractivity contribution in [2.75, 3.05) is 11.4 Å². The fourth-order valence-electron chi connectivity index (χ4n) is 2.97. The number of carbonyl (C=O) groups is 2. The minimum Gasteiger partial charge on any atom is -0.478 e. The van der Waals surface area contributed by atoms with Crippen LogP contribution in [0.1, 0.15) is 27.9 Å². The quantitative estimate of drug-likeness (QED) is 0.838. The normalized spacial score (nSPS) is 17.4. The van der Waals surface area contributed by atoms with Crippen molar-refractivity contribution in [1.82, 2.24) is 5.32 Å². The Morgan fingerprint density at radius 2 is 1.89 bits per heavy atom. The number of carboxylic acid groups (broad SMARTS) is 1. The number of carboxylic acids is 1. The molecule has 1 saturated heterocycles. The number of halogens is 3. The van der Waals surface area contributed by atoms with Crippen LogP contribution in [-0.2, 0) is 17.5 Å². The summed E-state index contributed by atoms with van der Waals surface area (Å²) in [7, 11) is 0. The molecule has 1 aliphatic rings. The minimum absolute atomic E-state index is 0.184. The average Bonchev–Trinajstić information content (AvgIpc) is 3.00. The molecule has 8 heteroatoms. The number of nitrogens with zero attached hydrogens (tertiary/aromatic N) is 1. The zero-order chi connectivity index (χ0) is 19.6. The summed E-state index contributed by atoms with van der Waals surface area (Å²) in [5.41, 5.74) is 0.475. The third-order valence-electron chi connectivity index (χ3n) is 4.41. The summed E-state index contributed by atoms with van der Waals surface area (Å²) in [6.45, 7) is 0.696. The maximum Gasteiger partial charge on any atom is 0.416 e. The van der Waals surface area contributed by atoms with Crippen LogP contribution < -0.4 is 10.2 Å². The summed E-state index contributed by atoms with van der Waals surface area (Å²) < 4.78 is 38.6. The van der Waals surface area contributed by atoms with E-state index >= 15 is 0 Å². The smallest absolute Gasteiger partial charge is 0.416 e. The van der Waals surface area contributed by atoms with E-state index in [0.717, 1.165) is 17.7 Å². The molecule has 1 heterocycles. The van der Waals surface area contributed by atoms with E-state index in [4.69, 9.17) is 5.11 Å². The van der Waals surface area contributed by atoms with E-state index in [9.17, 15) is 22.8 Å². The van der Waals surface area contributed by atoms with Crippen LogP contribution in [0.4, 0.5) is 18.9 Å². The summed E-state index contributed by atoms with van der Waals surface area (Å²) in [6, 6.07) is 10.9. The number of carbonyl (C=O) groups excluding carboxylic acids is 1. The van der Waals surface area contributed by atoms with Gasteiger partial charge in [0.2, 0.25) is 5.91 Å². The first-order valence-electron chi connectivity index (χ1n) is 8.27. The van der Waals surface area contributed by atoms with Crippen LogP contribution in [0.2, 0.25) is 0 Å². The fourth-order valence-corrected chi connectivity index (χ4v) is 2.97. The summed E-state index contributed by atoms with van der Waals surface area (Å²) >= 11 is 0. The van der Waals surface area contributed by atoms with Crippen molar-refractivity contribution in [3.8, 4) is 0 Å². The third-order valence-corrected chi connectivity index (χ3v) is 4.41. The van der Waals surface area contributed by atoms with Crippen molar-refractivity contribution in [3.05, 3.63) is 65.2 Å². The molecule has 2 N–H and O–H groups in total. The van der Waals surface area contributed by atoms with Gasteiger partial charge in [0.05, 0.1) is 11.1 Å². The maximum atomic E-state index is 12.9. The molecule has 0 bridgehead atoms. The highest BCUT2D eigenvalue weighted by atomic mass is 19.4. The van der Waals surface area contributed by atoms with Gasteiger partial charge in [-0.3, -0.25) is 4.79 Å². The first kappa shape index (κ1) is 18.9. The van der Waals surface area contributed by atoms with Gasteiger partial charge in [0.15, 0.2) is 0 Å². The molecule has 5 nitrogen and oxygen atoms in total. The van der Waals surface area contributed by atoms with Gasteiger partial charge in [0, 0.05) is 31.2 Å². The lowest BCUT2D eigenvalue weighted by Crippen LogP contribution is -2.32. The number of hydrogen-bond acceptors (Lipinski definition) is 3.